The van der Waals surface area contributed by atoms with Crippen molar-refractivity contribution in [3.05, 3.63) is 218 Å². The Hall–Kier alpha value is -7.85. The summed E-state index contributed by atoms with van der Waals surface area (Å²) in [6, 6.07) is 79.8. The molecule has 3 heterocycles. The molecule has 3 aromatic heterocycles. The molecule has 13 aromatic rings. The van der Waals surface area contributed by atoms with E-state index in [0.717, 1.165) is 27.9 Å². The molecule has 0 aliphatic rings. The zero-order valence-corrected chi connectivity index (χ0v) is 34.4. The molecular weight excluding hydrogens is 769 g/mol. The second kappa shape index (κ2) is 13.9. The summed E-state index contributed by atoms with van der Waals surface area (Å²) in [5, 5.41) is 9.97. The monoisotopic (exact) mass is 804 g/mol. The Kier molecular flexibility index (Phi) is 7.81. The molecular formula is C59H36N2S. The van der Waals surface area contributed by atoms with E-state index in [4.69, 9.17) is 4.98 Å². The SMILES string of the molecule is c1ccc(-c2cc(-c3ccccc3)cc(-c3ccc(-c4ccc(-c5cc6c7ccc8ccccc8c7sc6c6nc7c8ccc9ccccc9c8ccc7n56)cc4)cc3)c2)cc1. The van der Waals surface area contributed by atoms with Crippen molar-refractivity contribution in [3.8, 4) is 55.8 Å². The van der Waals surface area contributed by atoms with E-state index in [2.05, 4.69) is 223 Å². The van der Waals surface area contributed by atoms with E-state index < -0.39 is 0 Å². The first-order valence-electron chi connectivity index (χ1n) is 21.2. The van der Waals surface area contributed by atoms with Gasteiger partial charge in [0.2, 0.25) is 0 Å². The van der Waals surface area contributed by atoms with E-state index in [1.165, 1.54) is 97.0 Å². The number of hydrogen-bond acceptors (Lipinski definition) is 2. The molecule has 0 bridgehead atoms. The number of pyridine rings is 1. The zero-order valence-electron chi connectivity index (χ0n) is 33.6. The minimum absolute atomic E-state index is 1.00. The highest BCUT2D eigenvalue weighted by Gasteiger charge is 2.20. The predicted molar refractivity (Wildman–Crippen MR) is 265 cm³/mol. The lowest BCUT2D eigenvalue weighted by molar-refractivity contribution is 1.25. The maximum atomic E-state index is 5.56. The van der Waals surface area contributed by atoms with E-state index in [-0.39, 0.29) is 0 Å². The van der Waals surface area contributed by atoms with Crippen molar-refractivity contribution in [1.29, 1.82) is 0 Å². The Morgan fingerprint density at radius 3 is 1.42 bits per heavy atom. The summed E-state index contributed by atoms with van der Waals surface area (Å²) in [4.78, 5) is 5.56. The second-order valence-corrected chi connectivity index (χ2v) is 17.3. The van der Waals surface area contributed by atoms with Crippen LogP contribution >= 0.6 is 11.3 Å². The summed E-state index contributed by atoms with van der Waals surface area (Å²) in [5.41, 5.74) is 15.1. The first-order chi connectivity index (χ1) is 30.7. The number of thiophene rings is 1. The summed E-state index contributed by atoms with van der Waals surface area (Å²) < 4.78 is 4.93. The molecule has 0 atom stereocenters. The number of aromatic nitrogens is 2. The Morgan fingerprint density at radius 1 is 0.306 bits per heavy atom. The molecule has 10 aromatic carbocycles. The average Bonchev–Trinajstić information content (AvgIpc) is 3.94. The highest BCUT2D eigenvalue weighted by Crippen LogP contribution is 2.44. The van der Waals surface area contributed by atoms with Gasteiger partial charge in [-0.1, -0.05) is 188 Å². The van der Waals surface area contributed by atoms with Gasteiger partial charge >= 0.3 is 0 Å². The molecule has 3 heteroatoms. The summed E-state index contributed by atoms with van der Waals surface area (Å²) in [5.74, 6) is 0. The molecule has 0 radical (unpaired) electrons. The molecule has 288 valence electrons. The minimum atomic E-state index is 1.00. The van der Waals surface area contributed by atoms with Gasteiger partial charge in [-0.25, -0.2) is 4.98 Å². The molecule has 0 amide bonds. The lowest BCUT2D eigenvalue weighted by Crippen LogP contribution is -1.93. The topological polar surface area (TPSA) is 17.3 Å². The van der Waals surface area contributed by atoms with Gasteiger partial charge < -0.3 is 0 Å². The predicted octanol–water partition coefficient (Wildman–Crippen LogP) is 16.6. The molecule has 0 unspecified atom stereocenters. The van der Waals surface area contributed by atoms with Crippen LogP contribution < -0.4 is 0 Å². The van der Waals surface area contributed by atoms with Crippen molar-refractivity contribution in [2.75, 3.05) is 0 Å². The first-order valence-corrected chi connectivity index (χ1v) is 22.0. The molecule has 0 spiro atoms. The molecule has 0 saturated carbocycles. The van der Waals surface area contributed by atoms with Crippen LogP contribution in [0.1, 0.15) is 0 Å². The van der Waals surface area contributed by atoms with Crippen LogP contribution in [0.5, 0.6) is 0 Å². The van der Waals surface area contributed by atoms with Gasteiger partial charge in [0, 0.05) is 20.9 Å². The summed E-state index contributed by atoms with van der Waals surface area (Å²) in [6.07, 6.45) is 0. The van der Waals surface area contributed by atoms with Crippen molar-refractivity contribution < 1.29 is 0 Å². The van der Waals surface area contributed by atoms with Crippen molar-refractivity contribution in [2.45, 2.75) is 0 Å². The Labute approximate surface area is 362 Å². The van der Waals surface area contributed by atoms with E-state index in [0.29, 0.717) is 0 Å². The van der Waals surface area contributed by atoms with Gasteiger partial charge in [0.15, 0.2) is 5.65 Å². The molecule has 0 fully saturated rings. The van der Waals surface area contributed by atoms with Crippen molar-refractivity contribution in [1.82, 2.24) is 9.38 Å². The molecule has 0 saturated heterocycles. The van der Waals surface area contributed by atoms with E-state index in [9.17, 15) is 0 Å². The summed E-state index contributed by atoms with van der Waals surface area (Å²) in [6.45, 7) is 0. The van der Waals surface area contributed by atoms with Crippen LogP contribution in [0.3, 0.4) is 0 Å². The summed E-state index contributed by atoms with van der Waals surface area (Å²) >= 11 is 1.86. The van der Waals surface area contributed by atoms with Crippen LogP contribution in [0.2, 0.25) is 0 Å². The fraction of sp³-hybridized carbons (Fsp3) is 0. The van der Waals surface area contributed by atoms with Gasteiger partial charge in [-0.15, -0.1) is 11.3 Å². The van der Waals surface area contributed by atoms with E-state index in [1.54, 1.807) is 0 Å². The van der Waals surface area contributed by atoms with Crippen LogP contribution in [0, 0.1) is 0 Å². The number of fused-ring (bicyclic) bond motifs is 13. The van der Waals surface area contributed by atoms with Gasteiger partial charge in [0.25, 0.3) is 0 Å². The normalized spacial score (nSPS) is 11.9. The maximum absolute atomic E-state index is 5.56. The second-order valence-electron chi connectivity index (χ2n) is 16.3. The average molecular weight is 805 g/mol. The third-order valence-corrected chi connectivity index (χ3v) is 14.0. The van der Waals surface area contributed by atoms with Gasteiger partial charge in [-0.3, -0.25) is 4.40 Å². The molecule has 62 heavy (non-hydrogen) atoms. The van der Waals surface area contributed by atoms with Crippen LogP contribution in [-0.4, -0.2) is 9.38 Å². The summed E-state index contributed by atoms with van der Waals surface area (Å²) in [7, 11) is 0. The first kappa shape index (κ1) is 35.0. The van der Waals surface area contributed by atoms with Gasteiger partial charge in [-0.05, 0) is 107 Å². The number of benzene rings is 10. The highest BCUT2D eigenvalue weighted by molar-refractivity contribution is 7.27. The third-order valence-electron chi connectivity index (χ3n) is 12.8. The van der Waals surface area contributed by atoms with E-state index in [1.807, 2.05) is 11.3 Å². The minimum Gasteiger partial charge on any atom is -0.291 e. The number of imidazole rings is 1. The molecule has 0 aliphatic carbocycles. The van der Waals surface area contributed by atoms with Gasteiger partial charge in [0.05, 0.1) is 21.4 Å². The highest BCUT2D eigenvalue weighted by atomic mass is 32.1. The molecule has 13 rings (SSSR count). The van der Waals surface area contributed by atoms with Crippen LogP contribution in [0.15, 0.2) is 218 Å². The van der Waals surface area contributed by atoms with Gasteiger partial charge in [0.1, 0.15) is 0 Å². The number of hydrogen-bond donors (Lipinski definition) is 0. The van der Waals surface area contributed by atoms with Crippen LogP contribution in [-0.2, 0) is 0 Å². The fourth-order valence-corrected chi connectivity index (χ4v) is 11.0. The van der Waals surface area contributed by atoms with Crippen LogP contribution in [0.4, 0.5) is 0 Å². The zero-order chi connectivity index (χ0) is 40.7. The van der Waals surface area contributed by atoms with Crippen molar-refractivity contribution in [2.24, 2.45) is 0 Å². The molecule has 2 nitrogen and oxygen atoms in total. The quantitative estimate of drug-likeness (QED) is 0.158. The van der Waals surface area contributed by atoms with E-state index >= 15 is 0 Å². The fourth-order valence-electron chi connectivity index (χ4n) is 9.67. The Balaban J connectivity index is 0.943. The lowest BCUT2D eigenvalue weighted by Gasteiger charge is -2.12. The Morgan fingerprint density at radius 2 is 0.790 bits per heavy atom. The third kappa shape index (κ3) is 5.52. The largest absolute Gasteiger partial charge is 0.291 e. The molecule has 0 N–H and O–H groups in total. The molecule has 0 aliphatic heterocycles. The maximum Gasteiger partial charge on any atom is 0.156 e. The lowest BCUT2D eigenvalue weighted by atomic mass is 9.92. The van der Waals surface area contributed by atoms with Gasteiger partial charge in [-0.2, -0.15) is 0 Å². The van der Waals surface area contributed by atoms with Crippen molar-refractivity contribution in [3.63, 3.8) is 0 Å². The number of rotatable bonds is 5. The van der Waals surface area contributed by atoms with Crippen molar-refractivity contribution >= 4 is 80.5 Å². The number of nitrogens with zero attached hydrogens (tertiary/aromatic N) is 2. The van der Waals surface area contributed by atoms with Crippen LogP contribution in [0.25, 0.3) is 125 Å². The Bertz CT molecular complexity index is 3820. The standard InChI is InChI=1S/C59H36N2S/c1-3-11-37(12-4-1)45-33-46(38-13-5-2-6-14-38)35-47(34-45)41-21-19-39(20-22-41)40-23-25-44(26-24-40)55-36-53-52-30-28-43-16-8-10-18-49(43)57(52)62-58(53)59-60-56-51-29-27-42-15-7-9-17-48(42)50(51)31-32-54(56)61(55)59/h1-36H. The smallest absolute Gasteiger partial charge is 0.156 e.